The second-order valence-corrected chi connectivity index (χ2v) is 5.53. The maximum absolute atomic E-state index is 13.6. The topological polar surface area (TPSA) is 32.3 Å². The van der Waals surface area contributed by atoms with Gasteiger partial charge in [0.15, 0.2) is 0 Å². The summed E-state index contributed by atoms with van der Waals surface area (Å²) >= 11 is 0. The Hall–Kier alpha value is -2.20. The van der Waals surface area contributed by atoms with Crippen LogP contribution in [0.3, 0.4) is 0 Å². The van der Waals surface area contributed by atoms with Crippen molar-refractivity contribution in [3.8, 4) is 0 Å². The highest BCUT2D eigenvalue weighted by atomic mass is 19.1. The monoisotopic (exact) mass is 300 g/mol. The molecular weight excluding hydrogens is 279 g/mol. The van der Waals surface area contributed by atoms with E-state index in [0.29, 0.717) is 18.7 Å². The van der Waals surface area contributed by atoms with E-state index in [9.17, 15) is 9.18 Å². The lowest BCUT2D eigenvalue weighted by Gasteiger charge is -2.16. The molecule has 0 unspecified atom stereocenters. The van der Waals surface area contributed by atoms with Gasteiger partial charge in [-0.3, -0.25) is 9.69 Å². The number of nitrogens with one attached hydrogen (secondary N) is 1. The summed E-state index contributed by atoms with van der Waals surface area (Å²) in [5.74, 6) is -0.311. The first-order valence-corrected chi connectivity index (χ1v) is 7.29. The summed E-state index contributed by atoms with van der Waals surface area (Å²) in [7, 11) is 1.80. The van der Waals surface area contributed by atoms with Crippen molar-refractivity contribution in [1.29, 1.82) is 0 Å². The molecule has 0 aliphatic rings. The SMILES string of the molecule is Cc1ccc(CNC(=O)CN(C)Cc2ccccc2F)cc1. The molecule has 2 rings (SSSR count). The third kappa shape index (κ3) is 4.97. The quantitative estimate of drug-likeness (QED) is 0.889. The van der Waals surface area contributed by atoms with E-state index in [0.717, 1.165) is 5.56 Å². The fourth-order valence-corrected chi connectivity index (χ4v) is 2.18. The van der Waals surface area contributed by atoms with Gasteiger partial charge in [0.05, 0.1) is 6.54 Å². The minimum Gasteiger partial charge on any atom is -0.351 e. The first-order valence-electron chi connectivity index (χ1n) is 7.29. The van der Waals surface area contributed by atoms with E-state index in [4.69, 9.17) is 0 Å². The van der Waals surface area contributed by atoms with Gasteiger partial charge in [0, 0.05) is 18.7 Å². The maximum Gasteiger partial charge on any atom is 0.234 e. The van der Waals surface area contributed by atoms with Gasteiger partial charge in [0.25, 0.3) is 0 Å². The lowest BCUT2D eigenvalue weighted by molar-refractivity contribution is -0.122. The standard InChI is InChI=1S/C18H21FN2O/c1-14-7-9-15(10-8-14)11-20-18(22)13-21(2)12-16-5-3-4-6-17(16)19/h3-10H,11-13H2,1-2H3,(H,20,22). The molecule has 0 aliphatic carbocycles. The number of hydrogen-bond donors (Lipinski definition) is 1. The Morgan fingerprint density at radius 2 is 1.82 bits per heavy atom. The second kappa shape index (κ2) is 7.71. The Bertz CT molecular complexity index is 625. The van der Waals surface area contributed by atoms with E-state index in [2.05, 4.69) is 5.32 Å². The molecule has 0 radical (unpaired) electrons. The van der Waals surface area contributed by atoms with Crippen LogP contribution in [0.15, 0.2) is 48.5 Å². The fraction of sp³-hybridized carbons (Fsp3) is 0.278. The summed E-state index contributed by atoms with van der Waals surface area (Å²) < 4.78 is 13.6. The highest BCUT2D eigenvalue weighted by molar-refractivity contribution is 5.77. The van der Waals surface area contributed by atoms with Crippen LogP contribution >= 0.6 is 0 Å². The summed E-state index contributed by atoms with van der Waals surface area (Å²) in [5.41, 5.74) is 2.85. The third-order valence-corrected chi connectivity index (χ3v) is 3.42. The fourth-order valence-electron chi connectivity index (χ4n) is 2.18. The Labute approximate surface area is 130 Å². The molecule has 22 heavy (non-hydrogen) atoms. The van der Waals surface area contributed by atoms with Crippen molar-refractivity contribution in [2.75, 3.05) is 13.6 Å². The van der Waals surface area contributed by atoms with Crippen LogP contribution in [0.5, 0.6) is 0 Å². The lowest BCUT2D eigenvalue weighted by Crippen LogP contribution is -2.34. The number of rotatable bonds is 6. The number of benzene rings is 2. The van der Waals surface area contributed by atoms with Gasteiger partial charge in [-0.25, -0.2) is 4.39 Å². The summed E-state index contributed by atoms with van der Waals surface area (Å²) in [6.07, 6.45) is 0. The van der Waals surface area contributed by atoms with Crippen molar-refractivity contribution in [3.05, 3.63) is 71.0 Å². The second-order valence-electron chi connectivity index (χ2n) is 5.53. The van der Waals surface area contributed by atoms with E-state index < -0.39 is 0 Å². The molecule has 0 aliphatic heterocycles. The Morgan fingerprint density at radius 1 is 1.14 bits per heavy atom. The molecule has 0 heterocycles. The van der Waals surface area contributed by atoms with Crippen LogP contribution in [0, 0.1) is 12.7 Å². The molecular formula is C18H21FN2O. The van der Waals surface area contributed by atoms with E-state index in [-0.39, 0.29) is 18.3 Å². The largest absolute Gasteiger partial charge is 0.351 e. The Morgan fingerprint density at radius 3 is 2.50 bits per heavy atom. The van der Waals surface area contributed by atoms with Crippen LogP contribution < -0.4 is 5.32 Å². The summed E-state index contributed by atoms with van der Waals surface area (Å²) in [5, 5.41) is 2.88. The zero-order valence-corrected chi connectivity index (χ0v) is 13.0. The summed E-state index contributed by atoms with van der Waals surface area (Å²) in [4.78, 5) is 13.7. The van der Waals surface area contributed by atoms with Crippen LogP contribution in [0.25, 0.3) is 0 Å². The van der Waals surface area contributed by atoms with Crippen molar-refractivity contribution in [3.63, 3.8) is 0 Å². The smallest absolute Gasteiger partial charge is 0.234 e. The highest BCUT2D eigenvalue weighted by Gasteiger charge is 2.09. The summed E-state index contributed by atoms with van der Waals surface area (Å²) in [6, 6.07) is 14.7. The van der Waals surface area contributed by atoms with Gasteiger partial charge in [-0.1, -0.05) is 48.0 Å². The molecule has 0 aromatic heterocycles. The average Bonchev–Trinajstić information content (AvgIpc) is 2.49. The summed E-state index contributed by atoms with van der Waals surface area (Å²) in [6.45, 7) is 3.18. The predicted molar refractivity (Wildman–Crippen MR) is 85.8 cm³/mol. The highest BCUT2D eigenvalue weighted by Crippen LogP contribution is 2.08. The molecule has 0 fully saturated rings. The minimum atomic E-state index is -0.241. The van der Waals surface area contributed by atoms with Crippen LogP contribution in [-0.4, -0.2) is 24.4 Å². The van der Waals surface area contributed by atoms with Gasteiger partial charge in [-0.2, -0.15) is 0 Å². The van der Waals surface area contributed by atoms with Crippen LogP contribution in [0.1, 0.15) is 16.7 Å². The molecule has 0 atom stereocenters. The van der Waals surface area contributed by atoms with Gasteiger partial charge in [-0.05, 0) is 25.6 Å². The van der Waals surface area contributed by atoms with Gasteiger partial charge in [0.2, 0.25) is 5.91 Å². The molecule has 0 spiro atoms. The maximum atomic E-state index is 13.6. The number of amides is 1. The number of nitrogens with zero attached hydrogens (tertiary/aromatic N) is 1. The predicted octanol–water partition coefficient (Wildman–Crippen LogP) is 2.88. The molecule has 4 heteroatoms. The molecule has 2 aromatic carbocycles. The van der Waals surface area contributed by atoms with Crippen molar-refractivity contribution in [2.24, 2.45) is 0 Å². The Balaban J connectivity index is 1.79. The number of aryl methyl sites for hydroxylation is 1. The number of carbonyl (C=O) groups is 1. The molecule has 2 aromatic rings. The third-order valence-electron chi connectivity index (χ3n) is 3.42. The average molecular weight is 300 g/mol. The van der Waals surface area contributed by atoms with Crippen molar-refractivity contribution >= 4 is 5.91 Å². The lowest BCUT2D eigenvalue weighted by atomic mass is 10.1. The van der Waals surface area contributed by atoms with Gasteiger partial charge < -0.3 is 5.32 Å². The zero-order valence-electron chi connectivity index (χ0n) is 13.0. The van der Waals surface area contributed by atoms with Gasteiger partial charge in [0.1, 0.15) is 5.82 Å². The van der Waals surface area contributed by atoms with Gasteiger partial charge in [-0.15, -0.1) is 0 Å². The van der Waals surface area contributed by atoms with Crippen molar-refractivity contribution < 1.29 is 9.18 Å². The van der Waals surface area contributed by atoms with Crippen LogP contribution in [0.4, 0.5) is 4.39 Å². The zero-order chi connectivity index (χ0) is 15.9. The van der Waals surface area contributed by atoms with Crippen molar-refractivity contribution in [1.82, 2.24) is 10.2 Å². The van der Waals surface area contributed by atoms with E-state index in [1.165, 1.54) is 11.6 Å². The van der Waals surface area contributed by atoms with E-state index in [1.807, 2.05) is 31.2 Å². The number of carbonyl (C=O) groups excluding carboxylic acids is 1. The molecule has 0 saturated carbocycles. The normalized spacial score (nSPS) is 10.7. The van der Waals surface area contributed by atoms with Gasteiger partial charge >= 0.3 is 0 Å². The first-order chi connectivity index (χ1) is 10.5. The van der Waals surface area contributed by atoms with E-state index >= 15 is 0 Å². The minimum absolute atomic E-state index is 0.0700. The Kier molecular flexibility index (Phi) is 5.67. The molecule has 1 N–H and O–H groups in total. The first kappa shape index (κ1) is 16.2. The number of halogens is 1. The number of likely N-dealkylation sites (N-methyl/N-ethyl adjacent to an activating group) is 1. The molecule has 116 valence electrons. The number of hydrogen-bond acceptors (Lipinski definition) is 2. The van der Waals surface area contributed by atoms with E-state index in [1.54, 1.807) is 30.1 Å². The molecule has 0 bridgehead atoms. The molecule has 3 nitrogen and oxygen atoms in total. The van der Waals surface area contributed by atoms with Crippen LogP contribution in [-0.2, 0) is 17.9 Å². The molecule has 1 amide bonds. The molecule has 0 saturated heterocycles. The van der Waals surface area contributed by atoms with Crippen LogP contribution in [0.2, 0.25) is 0 Å². The van der Waals surface area contributed by atoms with Crippen molar-refractivity contribution in [2.45, 2.75) is 20.0 Å².